The number of hydrogen-bond acceptors (Lipinski definition) is 4. The molecular formula is C14H12ClN3O. The van der Waals surface area contributed by atoms with Gasteiger partial charge in [-0.05, 0) is 31.2 Å². The molecule has 0 saturated heterocycles. The van der Waals surface area contributed by atoms with Crippen molar-refractivity contribution in [1.82, 2.24) is 9.97 Å². The maximum Gasteiger partial charge on any atom is 0.134 e. The number of aromatic nitrogens is 2. The van der Waals surface area contributed by atoms with Gasteiger partial charge in [-0.2, -0.15) is 0 Å². The monoisotopic (exact) mass is 273 g/mol. The Morgan fingerprint density at radius 1 is 1.21 bits per heavy atom. The minimum absolute atomic E-state index is 0.431. The molecule has 2 heterocycles. The highest BCUT2D eigenvalue weighted by molar-refractivity contribution is 6.31. The summed E-state index contributed by atoms with van der Waals surface area (Å²) in [6, 6.07) is 6.92. The highest BCUT2D eigenvalue weighted by Gasteiger charge is 2.17. The molecule has 0 aliphatic heterocycles. The van der Waals surface area contributed by atoms with Crippen LogP contribution in [0.15, 0.2) is 41.1 Å². The fourth-order valence-electron chi connectivity index (χ4n) is 2.05. The molecule has 1 atom stereocenters. The molecule has 4 nitrogen and oxygen atoms in total. The average Bonchev–Trinajstić information content (AvgIpc) is 2.81. The van der Waals surface area contributed by atoms with Gasteiger partial charge in [0.25, 0.3) is 0 Å². The zero-order valence-electron chi connectivity index (χ0n) is 10.3. The van der Waals surface area contributed by atoms with E-state index in [1.165, 1.54) is 0 Å². The smallest absolute Gasteiger partial charge is 0.134 e. The molecule has 0 aliphatic carbocycles. The highest BCUT2D eigenvalue weighted by Crippen LogP contribution is 2.28. The van der Waals surface area contributed by atoms with Crippen LogP contribution >= 0.6 is 11.6 Å². The van der Waals surface area contributed by atoms with Gasteiger partial charge in [-0.25, -0.2) is 0 Å². The standard InChI is InChI=1S/C14H12ClN3O/c1-8-14(18-5-4-17-8)13(16)12-7-9-6-10(15)2-3-11(9)19-12/h2-7,13H,16H2,1H3. The van der Waals surface area contributed by atoms with E-state index in [0.717, 1.165) is 16.7 Å². The molecule has 2 N–H and O–H groups in total. The van der Waals surface area contributed by atoms with Gasteiger partial charge in [0.2, 0.25) is 0 Å². The molecule has 1 unspecified atom stereocenters. The molecule has 0 radical (unpaired) electrons. The second-order valence-corrected chi connectivity index (χ2v) is 4.77. The number of aryl methyl sites for hydroxylation is 1. The van der Waals surface area contributed by atoms with Gasteiger partial charge in [-0.3, -0.25) is 9.97 Å². The van der Waals surface area contributed by atoms with Crippen molar-refractivity contribution < 1.29 is 4.42 Å². The summed E-state index contributed by atoms with van der Waals surface area (Å²) in [4.78, 5) is 8.46. The Bertz CT molecular complexity index is 738. The molecule has 2 aromatic heterocycles. The van der Waals surface area contributed by atoms with Crippen molar-refractivity contribution in [3.05, 3.63) is 58.8 Å². The first kappa shape index (κ1) is 12.1. The molecule has 96 valence electrons. The zero-order valence-corrected chi connectivity index (χ0v) is 11.1. The van der Waals surface area contributed by atoms with E-state index in [1.807, 2.05) is 25.1 Å². The van der Waals surface area contributed by atoms with Gasteiger partial charge in [0.05, 0.1) is 11.4 Å². The average molecular weight is 274 g/mol. The molecular weight excluding hydrogens is 262 g/mol. The van der Waals surface area contributed by atoms with Gasteiger partial charge in [0.15, 0.2) is 0 Å². The Morgan fingerprint density at radius 3 is 2.79 bits per heavy atom. The molecule has 0 fully saturated rings. The van der Waals surface area contributed by atoms with E-state index in [1.54, 1.807) is 18.5 Å². The summed E-state index contributed by atoms with van der Waals surface area (Å²) in [6.07, 6.45) is 3.27. The molecule has 5 heteroatoms. The summed E-state index contributed by atoms with van der Waals surface area (Å²) in [5.74, 6) is 0.654. The fourth-order valence-corrected chi connectivity index (χ4v) is 2.23. The number of nitrogens with two attached hydrogens (primary N) is 1. The van der Waals surface area contributed by atoms with Crippen molar-refractivity contribution in [3.63, 3.8) is 0 Å². The molecule has 0 spiro atoms. The van der Waals surface area contributed by atoms with E-state index >= 15 is 0 Å². The van der Waals surface area contributed by atoms with E-state index < -0.39 is 6.04 Å². The van der Waals surface area contributed by atoms with Gasteiger partial charge in [0.1, 0.15) is 17.4 Å². The summed E-state index contributed by atoms with van der Waals surface area (Å²) in [7, 11) is 0. The van der Waals surface area contributed by atoms with Crippen LogP contribution in [0, 0.1) is 6.92 Å². The van der Waals surface area contributed by atoms with Crippen LogP contribution in [-0.4, -0.2) is 9.97 Å². The van der Waals surface area contributed by atoms with Gasteiger partial charge in [0, 0.05) is 22.8 Å². The fraction of sp³-hybridized carbons (Fsp3) is 0.143. The number of furan rings is 1. The molecule has 0 bridgehead atoms. The van der Waals surface area contributed by atoms with Crippen LogP contribution in [0.4, 0.5) is 0 Å². The van der Waals surface area contributed by atoms with Crippen LogP contribution in [0.2, 0.25) is 5.02 Å². The molecule has 3 aromatic rings. The van der Waals surface area contributed by atoms with Gasteiger partial charge < -0.3 is 10.2 Å². The van der Waals surface area contributed by atoms with Crippen molar-refractivity contribution in [1.29, 1.82) is 0 Å². The van der Waals surface area contributed by atoms with E-state index in [2.05, 4.69) is 9.97 Å². The SMILES string of the molecule is Cc1nccnc1C(N)c1cc2cc(Cl)ccc2o1. The lowest BCUT2D eigenvalue weighted by Gasteiger charge is -2.09. The predicted octanol–water partition coefficient (Wildman–Crippen LogP) is 3.23. The lowest BCUT2D eigenvalue weighted by atomic mass is 10.1. The number of halogens is 1. The Labute approximate surface area is 115 Å². The quantitative estimate of drug-likeness (QED) is 0.778. The summed E-state index contributed by atoms with van der Waals surface area (Å²) in [5, 5.41) is 1.60. The molecule has 3 rings (SSSR count). The second-order valence-electron chi connectivity index (χ2n) is 4.34. The number of nitrogens with zero attached hydrogens (tertiary/aromatic N) is 2. The van der Waals surface area contributed by atoms with E-state index in [9.17, 15) is 0 Å². The topological polar surface area (TPSA) is 64.9 Å². The van der Waals surface area contributed by atoms with Crippen LogP contribution in [0.3, 0.4) is 0 Å². The lowest BCUT2D eigenvalue weighted by molar-refractivity contribution is 0.518. The Morgan fingerprint density at radius 2 is 2.00 bits per heavy atom. The zero-order chi connectivity index (χ0) is 13.4. The van der Waals surface area contributed by atoms with Crippen LogP contribution < -0.4 is 5.73 Å². The van der Waals surface area contributed by atoms with Crippen molar-refractivity contribution in [2.75, 3.05) is 0 Å². The largest absolute Gasteiger partial charge is 0.459 e. The molecule has 0 saturated carbocycles. The normalized spacial score (nSPS) is 12.8. The summed E-state index contributed by atoms with van der Waals surface area (Å²) in [6.45, 7) is 1.88. The third-order valence-corrected chi connectivity index (χ3v) is 3.25. The first-order valence-electron chi connectivity index (χ1n) is 5.87. The first-order chi connectivity index (χ1) is 9.15. The van der Waals surface area contributed by atoms with Crippen LogP contribution in [0.25, 0.3) is 11.0 Å². The van der Waals surface area contributed by atoms with E-state index in [0.29, 0.717) is 16.5 Å². The molecule has 19 heavy (non-hydrogen) atoms. The summed E-state index contributed by atoms with van der Waals surface area (Å²) < 4.78 is 5.74. The summed E-state index contributed by atoms with van der Waals surface area (Å²) >= 11 is 5.95. The van der Waals surface area contributed by atoms with Crippen molar-refractivity contribution in [2.45, 2.75) is 13.0 Å². The van der Waals surface area contributed by atoms with Crippen molar-refractivity contribution in [2.24, 2.45) is 5.73 Å². The maximum atomic E-state index is 6.19. The van der Waals surface area contributed by atoms with E-state index in [4.69, 9.17) is 21.8 Å². The Hall–Kier alpha value is -1.91. The van der Waals surface area contributed by atoms with Gasteiger partial charge in [-0.15, -0.1) is 0 Å². The molecule has 1 aromatic carbocycles. The third-order valence-electron chi connectivity index (χ3n) is 3.02. The van der Waals surface area contributed by atoms with Crippen LogP contribution in [-0.2, 0) is 0 Å². The second kappa shape index (κ2) is 4.64. The van der Waals surface area contributed by atoms with Crippen LogP contribution in [0.5, 0.6) is 0 Å². The maximum absolute atomic E-state index is 6.19. The molecule has 0 amide bonds. The van der Waals surface area contributed by atoms with Gasteiger partial charge >= 0.3 is 0 Å². The predicted molar refractivity (Wildman–Crippen MR) is 74.0 cm³/mol. The Kier molecular flexibility index (Phi) is 2.97. The number of rotatable bonds is 2. The number of hydrogen-bond donors (Lipinski definition) is 1. The highest BCUT2D eigenvalue weighted by atomic mass is 35.5. The summed E-state index contributed by atoms with van der Waals surface area (Å²) in [5.41, 5.74) is 8.47. The van der Waals surface area contributed by atoms with Gasteiger partial charge in [-0.1, -0.05) is 11.6 Å². The number of benzene rings is 1. The van der Waals surface area contributed by atoms with Crippen molar-refractivity contribution >= 4 is 22.6 Å². The van der Waals surface area contributed by atoms with E-state index in [-0.39, 0.29) is 0 Å². The lowest BCUT2D eigenvalue weighted by Crippen LogP contribution is -2.14. The number of fused-ring (bicyclic) bond motifs is 1. The minimum atomic E-state index is -0.431. The first-order valence-corrected chi connectivity index (χ1v) is 6.25. The van der Waals surface area contributed by atoms with Crippen LogP contribution in [0.1, 0.15) is 23.2 Å². The molecule has 0 aliphatic rings. The minimum Gasteiger partial charge on any atom is -0.459 e. The third kappa shape index (κ3) is 2.20. The van der Waals surface area contributed by atoms with Crippen molar-refractivity contribution in [3.8, 4) is 0 Å². The Balaban J connectivity index is 2.07.